The molecule has 0 aliphatic carbocycles. The van der Waals surface area contributed by atoms with Gasteiger partial charge in [-0.1, -0.05) is 30.3 Å². The van der Waals surface area contributed by atoms with Gasteiger partial charge in [-0.2, -0.15) is 0 Å². The lowest BCUT2D eigenvalue weighted by molar-refractivity contribution is 0.0557. The minimum absolute atomic E-state index is 0.169. The van der Waals surface area contributed by atoms with Crippen molar-refractivity contribution in [3.8, 4) is 0 Å². The SMILES string of the molecule is CC1C(CN)CCCN1C(=O)OCc1ccccc1. The van der Waals surface area contributed by atoms with E-state index >= 15 is 0 Å². The second-order valence-electron chi connectivity index (χ2n) is 5.11. The minimum Gasteiger partial charge on any atom is -0.445 e. The van der Waals surface area contributed by atoms with Crippen LogP contribution in [0.4, 0.5) is 4.79 Å². The second kappa shape index (κ2) is 6.57. The molecule has 1 heterocycles. The number of ether oxygens (including phenoxy) is 1. The third-order valence-corrected chi connectivity index (χ3v) is 3.89. The molecule has 1 aliphatic rings. The average molecular weight is 262 g/mol. The van der Waals surface area contributed by atoms with E-state index in [1.54, 1.807) is 0 Å². The van der Waals surface area contributed by atoms with Gasteiger partial charge in [-0.15, -0.1) is 0 Å². The highest BCUT2D eigenvalue weighted by Gasteiger charge is 2.31. The maximum Gasteiger partial charge on any atom is 0.410 e. The van der Waals surface area contributed by atoms with Gasteiger partial charge in [0.05, 0.1) is 0 Å². The predicted molar refractivity (Wildman–Crippen MR) is 74.6 cm³/mol. The van der Waals surface area contributed by atoms with Crippen LogP contribution in [0.3, 0.4) is 0 Å². The topological polar surface area (TPSA) is 55.6 Å². The summed E-state index contributed by atoms with van der Waals surface area (Å²) >= 11 is 0. The highest BCUT2D eigenvalue weighted by molar-refractivity contribution is 5.68. The van der Waals surface area contributed by atoms with Crippen LogP contribution < -0.4 is 5.73 Å². The van der Waals surface area contributed by atoms with Crippen LogP contribution in [0.2, 0.25) is 0 Å². The van der Waals surface area contributed by atoms with Crippen molar-refractivity contribution in [3.05, 3.63) is 35.9 Å². The number of nitrogens with zero attached hydrogens (tertiary/aromatic N) is 1. The Balaban J connectivity index is 1.89. The summed E-state index contributed by atoms with van der Waals surface area (Å²) in [5, 5.41) is 0. The molecule has 2 atom stereocenters. The third kappa shape index (κ3) is 3.47. The first kappa shape index (κ1) is 13.9. The fourth-order valence-electron chi connectivity index (χ4n) is 2.60. The summed E-state index contributed by atoms with van der Waals surface area (Å²) in [5.41, 5.74) is 6.75. The Labute approximate surface area is 114 Å². The molecule has 19 heavy (non-hydrogen) atoms. The molecule has 2 N–H and O–H groups in total. The maximum atomic E-state index is 12.1. The van der Waals surface area contributed by atoms with Gasteiger partial charge in [-0.25, -0.2) is 4.79 Å². The van der Waals surface area contributed by atoms with E-state index in [1.807, 2.05) is 35.2 Å². The molecule has 0 saturated carbocycles. The van der Waals surface area contributed by atoms with Gasteiger partial charge < -0.3 is 15.4 Å². The molecule has 0 radical (unpaired) electrons. The van der Waals surface area contributed by atoms with Gasteiger partial charge >= 0.3 is 6.09 Å². The molecule has 2 rings (SSSR count). The van der Waals surface area contributed by atoms with Crippen molar-refractivity contribution in [2.24, 2.45) is 11.7 Å². The molecule has 4 nitrogen and oxygen atoms in total. The molecule has 2 unspecified atom stereocenters. The number of likely N-dealkylation sites (tertiary alicyclic amines) is 1. The molecule has 1 aromatic carbocycles. The standard InChI is InChI=1S/C15H22N2O2/c1-12-14(10-16)8-5-9-17(12)15(18)19-11-13-6-3-2-4-7-13/h2-4,6-7,12,14H,5,8-11,16H2,1H3. The largest absolute Gasteiger partial charge is 0.445 e. The van der Waals surface area contributed by atoms with E-state index < -0.39 is 0 Å². The van der Waals surface area contributed by atoms with Gasteiger partial charge in [0.1, 0.15) is 6.61 Å². The van der Waals surface area contributed by atoms with Crippen molar-refractivity contribution in [1.29, 1.82) is 0 Å². The predicted octanol–water partition coefficient (Wildman–Crippen LogP) is 2.38. The number of carbonyl (C=O) groups is 1. The van der Waals surface area contributed by atoms with Crippen LogP contribution in [-0.2, 0) is 11.3 Å². The molecule has 104 valence electrons. The Bertz CT molecular complexity index is 408. The average Bonchev–Trinajstić information content (AvgIpc) is 2.46. The van der Waals surface area contributed by atoms with Crippen molar-refractivity contribution in [3.63, 3.8) is 0 Å². The molecule has 1 aromatic rings. The van der Waals surface area contributed by atoms with Gasteiger partial charge in [0, 0.05) is 12.6 Å². The molecule has 0 bridgehead atoms. The van der Waals surface area contributed by atoms with Crippen molar-refractivity contribution >= 4 is 6.09 Å². The molecule has 0 spiro atoms. The lowest BCUT2D eigenvalue weighted by Gasteiger charge is -2.38. The summed E-state index contributed by atoms with van der Waals surface area (Å²) in [7, 11) is 0. The summed E-state index contributed by atoms with van der Waals surface area (Å²) in [4.78, 5) is 13.9. The Morgan fingerprint density at radius 1 is 1.42 bits per heavy atom. The van der Waals surface area contributed by atoms with Crippen molar-refractivity contribution in [1.82, 2.24) is 4.90 Å². The summed E-state index contributed by atoms with van der Waals surface area (Å²) in [6.45, 7) is 3.78. The Hall–Kier alpha value is -1.55. The van der Waals surface area contributed by atoms with Gasteiger partial charge in [-0.05, 0) is 37.8 Å². The number of nitrogens with two attached hydrogens (primary N) is 1. The second-order valence-corrected chi connectivity index (χ2v) is 5.11. The van der Waals surface area contributed by atoms with Crippen LogP contribution in [-0.4, -0.2) is 30.1 Å². The normalized spacial score (nSPS) is 23.2. The van der Waals surface area contributed by atoms with Crippen LogP contribution in [0.15, 0.2) is 30.3 Å². The zero-order valence-electron chi connectivity index (χ0n) is 11.4. The van der Waals surface area contributed by atoms with E-state index in [4.69, 9.17) is 10.5 Å². The molecule has 1 amide bonds. The fraction of sp³-hybridized carbons (Fsp3) is 0.533. The number of hydrogen-bond acceptors (Lipinski definition) is 3. The molecule has 1 saturated heterocycles. The lowest BCUT2D eigenvalue weighted by Crippen LogP contribution is -2.48. The van der Waals surface area contributed by atoms with Gasteiger partial charge in [-0.3, -0.25) is 0 Å². The molecule has 0 aromatic heterocycles. The van der Waals surface area contributed by atoms with Crippen LogP contribution in [0.5, 0.6) is 0 Å². The van der Waals surface area contributed by atoms with Gasteiger partial charge in [0.25, 0.3) is 0 Å². The summed E-state index contributed by atoms with van der Waals surface area (Å²) in [5.74, 6) is 0.387. The Morgan fingerprint density at radius 3 is 2.84 bits per heavy atom. The number of hydrogen-bond donors (Lipinski definition) is 1. The van der Waals surface area contributed by atoms with E-state index in [-0.39, 0.29) is 12.1 Å². The van der Waals surface area contributed by atoms with E-state index in [0.717, 1.165) is 24.9 Å². The molecule has 4 heteroatoms. The summed E-state index contributed by atoms with van der Waals surface area (Å²) < 4.78 is 5.38. The van der Waals surface area contributed by atoms with Gasteiger partial charge in [0.15, 0.2) is 0 Å². The van der Waals surface area contributed by atoms with Crippen molar-refractivity contribution < 1.29 is 9.53 Å². The molecule has 1 fully saturated rings. The summed E-state index contributed by atoms with van der Waals surface area (Å²) in [6.07, 6.45) is 1.88. The van der Waals surface area contributed by atoms with Crippen molar-refractivity contribution in [2.75, 3.05) is 13.1 Å². The fourth-order valence-corrected chi connectivity index (χ4v) is 2.60. The first-order chi connectivity index (χ1) is 9.22. The Morgan fingerprint density at radius 2 is 2.16 bits per heavy atom. The smallest absolute Gasteiger partial charge is 0.410 e. The quantitative estimate of drug-likeness (QED) is 0.910. The first-order valence-corrected chi connectivity index (χ1v) is 6.89. The minimum atomic E-state index is -0.227. The lowest BCUT2D eigenvalue weighted by atomic mass is 9.91. The monoisotopic (exact) mass is 262 g/mol. The number of amides is 1. The van der Waals surface area contributed by atoms with E-state index in [9.17, 15) is 4.79 Å². The highest BCUT2D eigenvalue weighted by Crippen LogP contribution is 2.23. The van der Waals surface area contributed by atoms with Crippen LogP contribution in [0.1, 0.15) is 25.3 Å². The van der Waals surface area contributed by atoms with Crippen LogP contribution in [0.25, 0.3) is 0 Å². The number of carbonyl (C=O) groups excluding carboxylic acids is 1. The van der Waals surface area contributed by atoms with Crippen LogP contribution >= 0.6 is 0 Å². The molecular weight excluding hydrogens is 240 g/mol. The van der Waals surface area contributed by atoms with Gasteiger partial charge in [0.2, 0.25) is 0 Å². The Kier molecular flexibility index (Phi) is 4.80. The van der Waals surface area contributed by atoms with E-state index in [0.29, 0.717) is 19.1 Å². The third-order valence-electron chi connectivity index (χ3n) is 3.89. The number of rotatable bonds is 3. The molecule has 1 aliphatic heterocycles. The van der Waals surface area contributed by atoms with E-state index in [1.165, 1.54) is 0 Å². The number of benzene rings is 1. The first-order valence-electron chi connectivity index (χ1n) is 6.89. The summed E-state index contributed by atoms with van der Waals surface area (Å²) in [6, 6.07) is 9.91. The van der Waals surface area contributed by atoms with Crippen LogP contribution in [0, 0.1) is 5.92 Å². The van der Waals surface area contributed by atoms with E-state index in [2.05, 4.69) is 6.92 Å². The highest BCUT2D eigenvalue weighted by atomic mass is 16.6. The van der Waals surface area contributed by atoms with Crippen molar-refractivity contribution in [2.45, 2.75) is 32.4 Å². The maximum absolute atomic E-state index is 12.1. The molecular formula is C15H22N2O2. The zero-order valence-corrected chi connectivity index (χ0v) is 11.4. The number of piperidine rings is 1. The zero-order chi connectivity index (χ0) is 13.7.